The molecule has 3 N–H and O–H groups in total. The van der Waals surface area contributed by atoms with Crippen molar-refractivity contribution < 1.29 is 38.8 Å². The van der Waals surface area contributed by atoms with Crippen LogP contribution >= 0.6 is 11.8 Å². The molecule has 2 aliphatic rings. The summed E-state index contributed by atoms with van der Waals surface area (Å²) in [4.78, 5) is 39.8. The Balaban J connectivity index is 1.12. The van der Waals surface area contributed by atoms with Gasteiger partial charge in [-0.15, -0.1) is 0 Å². The van der Waals surface area contributed by atoms with Crippen LogP contribution in [0.15, 0.2) is 103 Å². The number of carbonyl (C=O) groups excluding carboxylic acids is 3. The van der Waals surface area contributed by atoms with Crippen molar-refractivity contribution in [1.29, 1.82) is 0 Å². The molecule has 0 saturated carbocycles. The van der Waals surface area contributed by atoms with E-state index in [0.717, 1.165) is 44.7 Å². The minimum Gasteiger partial charge on any atom is -0.445 e. The van der Waals surface area contributed by atoms with Gasteiger partial charge in [0.2, 0.25) is 5.91 Å². The summed E-state index contributed by atoms with van der Waals surface area (Å²) in [6, 6.07) is 31.4. The monoisotopic (exact) mass is 696 g/mol. The predicted octanol–water partition coefficient (Wildman–Crippen LogP) is 5.67. The lowest BCUT2D eigenvalue weighted by Crippen LogP contribution is -2.41. The van der Waals surface area contributed by atoms with E-state index in [0.29, 0.717) is 12.2 Å². The quantitative estimate of drug-likeness (QED) is 0.119. The maximum atomic E-state index is 13.3. The van der Waals surface area contributed by atoms with E-state index >= 15 is 0 Å². The normalized spacial score (nSPS) is 20.6. The molecule has 3 amide bonds. The molecule has 1 unspecified atom stereocenters. The third kappa shape index (κ3) is 8.79. The Kier molecular flexibility index (Phi) is 12.0. The van der Waals surface area contributed by atoms with Crippen LogP contribution in [0.4, 0.5) is 4.79 Å². The number of alkyl carbamates (subject to hydrolysis) is 1. The topological polar surface area (TPSA) is 135 Å². The number of hydrogen-bond donors (Lipinski definition) is 3. The largest absolute Gasteiger partial charge is 0.445 e. The Morgan fingerprint density at radius 3 is 2.32 bits per heavy atom. The number of nitrogens with zero attached hydrogens (tertiary/aromatic N) is 1. The molecule has 0 aliphatic carbocycles. The number of aliphatic hydroxyl groups excluding tert-OH is 2. The molecule has 11 heteroatoms. The first-order valence-corrected chi connectivity index (χ1v) is 17.8. The molecule has 0 aromatic heterocycles. The van der Waals surface area contributed by atoms with E-state index in [1.807, 2.05) is 103 Å². The van der Waals surface area contributed by atoms with E-state index in [-0.39, 0.29) is 50.9 Å². The Bertz CT molecular complexity index is 1750. The van der Waals surface area contributed by atoms with Crippen LogP contribution in [0.25, 0.3) is 11.1 Å². The number of hydrogen-bond acceptors (Lipinski definition) is 9. The molecule has 4 aromatic carbocycles. The van der Waals surface area contributed by atoms with Gasteiger partial charge in [0.05, 0.1) is 38.4 Å². The van der Waals surface area contributed by atoms with Gasteiger partial charge in [0.15, 0.2) is 6.29 Å². The zero-order chi connectivity index (χ0) is 34.9. The number of benzene rings is 4. The molecule has 50 heavy (non-hydrogen) atoms. The number of aliphatic hydroxyl groups is 2. The third-order valence-electron chi connectivity index (χ3n) is 8.74. The minimum absolute atomic E-state index is 0.0260. The second-order valence-electron chi connectivity index (χ2n) is 12.2. The molecule has 10 nitrogen and oxygen atoms in total. The molecule has 2 heterocycles. The maximum absolute atomic E-state index is 13.3. The van der Waals surface area contributed by atoms with Gasteiger partial charge < -0.3 is 29.7 Å². The molecule has 4 atom stereocenters. The van der Waals surface area contributed by atoms with Crippen LogP contribution in [0.5, 0.6) is 0 Å². The van der Waals surface area contributed by atoms with Crippen LogP contribution in [0.2, 0.25) is 0 Å². The standard InChI is InChI=1S/C39H40N2O8S/c42-18-19-50-25-32-20-35(29-12-10-26(23-43)11-13-29)49-38(48-32)30-16-14-28(15-17-30)33-9-5-4-8-31(33)22-41-36(44)21-34(37(41)45)40-39(46)47-24-27-6-2-1-3-7-27/h1-17,32,34-35,38,42-43H,18-25H2,(H,40,46)/t32-,34?,35+,38+/m1/s1. The number of imide groups is 1. The number of amides is 3. The van der Waals surface area contributed by atoms with Gasteiger partial charge in [-0.3, -0.25) is 14.5 Å². The number of thioether (sulfide) groups is 1. The zero-order valence-electron chi connectivity index (χ0n) is 27.5. The third-order valence-corrected chi connectivity index (χ3v) is 9.82. The molecular formula is C39H40N2O8S. The zero-order valence-corrected chi connectivity index (χ0v) is 28.3. The summed E-state index contributed by atoms with van der Waals surface area (Å²) in [5.41, 5.74) is 6.04. The predicted molar refractivity (Wildman–Crippen MR) is 188 cm³/mol. The van der Waals surface area contributed by atoms with Crippen LogP contribution in [-0.2, 0) is 43.6 Å². The lowest BCUT2D eigenvalue weighted by molar-refractivity contribution is -0.245. The number of rotatable bonds is 13. The molecule has 2 aliphatic heterocycles. The molecule has 0 bridgehead atoms. The summed E-state index contributed by atoms with van der Waals surface area (Å²) >= 11 is 1.64. The Hall–Kier alpha value is -4.52. The van der Waals surface area contributed by atoms with Crippen molar-refractivity contribution in [2.45, 2.75) is 57.1 Å². The fraction of sp³-hybridized carbons (Fsp3) is 0.308. The summed E-state index contributed by atoms with van der Waals surface area (Å²) < 4.78 is 18.1. The summed E-state index contributed by atoms with van der Waals surface area (Å²) in [6.45, 7) is 0.196. The highest BCUT2D eigenvalue weighted by atomic mass is 32.2. The lowest BCUT2D eigenvalue weighted by atomic mass is 9.97. The van der Waals surface area contributed by atoms with E-state index in [2.05, 4.69) is 5.32 Å². The van der Waals surface area contributed by atoms with Gasteiger partial charge in [0.25, 0.3) is 5.91 Å². The van der Waals surface area contributed by atoms with E-state index < -0.39 is 24.3 Å². The van der Waals surface area contributed by atoms with Crippen LogP contribution in [0.3, 0.4) is 0 Å². The van der Waals surface area contributed by atoms with Crippen LogP contribution in [0, 0.1) is 0 Å². The highest BCUT2D eigenvalue weighted by Gasteiger charge is 2.40. The summed E-state index contributed by atoms with van der Waals surface area (Å²) in [6.07, 6.45) is -1.14. The number of carbonyl (C=O) groups is 3. The average Bonchev–Trinajstić information content (AvgIpc) is 3.41. The van der Waals surface area contributed by atoms with Crippen molar-refractivity contribution >= 4 is 29.7 Å². The Morgan fingerprint density at radius 1 is 0.860 bits per heavy atom. The van der Waals surface area contributed by atoms with Gasteiger partial charge in [0.1, 0.15) is 12.6 Å². The van der Waals surface area contributed by atoms with E-state index in [1.165, 1.54) is 4.90 Å². The molecule has 2 fully saturated rings. The summed E-state index contributed by atoms with van der Waals surface area (Å²) in [5, 5.41) is 21.3. The SMILES string of the molecule is O=C(NC1CC(=O)N(Cc2ccccc2-c2ccc([C@H]3O[C@@H](CSCCO)C[C@@H](c4ccc(CO)cc4)O3)cc2)C1=O)OCc1ccccc1. The number of likely N-dealkylation sites (tertiary alicyclic amines) is 1. The first-order chi connectivity index (χ1) is 24.4. The molecule has 0 spiro atoms. The molecule has 260 valence electrons. The van der Waals surface area contributed by atoms with E-state index in [4.69, 9.17) is 14.2 Å². The highest BCUT2D eigenvalue weighted by Crippen LogP contribution is 2.39. The van der Waals surface area contributed by atoms with Gasteiger partial charge in [-0.25, -0.2) is 4.79 Å². The Morgan fingerprint density at radius 2 is 1.58 bits per heavy atom. The van der Waals surface area contributed by atoms with Crippen molar-refractivity contribution in [3.8, 4) is 11.1 Å². The van der Waals surface area contributed by atoms with Crippen molar-refractivity contribution in [3.63, 3.8) is 0 Å². The van der Waals surface area contributed by atoms with E-state index in [1.54, 1.807) is 11.8 Å². The van der Waals surface area contributed by atoms with Crippen molar-refractivity contribution in [3.05, 3.63) is 131 Å². The first-order valence-electron chi connectivity index (χ1n) is 16.6. The van der Waals surface area contributed by atoms with Gasteiger partial charge in [-0.1, -0.05) is 103 Å². The van der Waals surface area contributed by atoms with Gasteiger partial charge >= 0.3 is 6.09 Å². The van der Waals surface area contributed by atoms with Gasteiger partial charge in [-0.05, 0) is 33.4 Å². The number of nitrogens with one attached hydrogen (secondary N) is 1. The molecule has 4 aromatic rings. The van der Waals surface area contributed by atoms with Crippen LogP contribution in [-0.4, -0.2) is 63.3 Å². The van der Waals surface area contributed by atoms with Crippen molar-refractivity contribution in [1.82, 2.24) is 10.2 Å². The van der Waals surface area contributed by atoms with Crippen molar-refractivity contribution in [2.75, 3.05) is 18.1 Å². The average molecular weight is 697 g/mol. The van der Waals surface area contributed by atoms with Crippen LogP contribution in [0.1, 0.15) is 53.1 Å². The molecule has 2 saturated heterocycles. The Labute approximate surface area is 295 Å². The fourth-order valence-electron chi connectivity index (χ4n) is 6.10. The highest BCUT2D eigenvalue weighted by molar-refractivity contribution is 7.99. The molecular weight excluding hydrogens is 657 g/mol. The second-order valence-corrected chi connectivity index (χ2v) is 13.4. The maximum Gasteiger partial charge on any atom is 0.408 e. The molecule has 6 rings (SSSR count). The van der Waals surface area contributed by atoms with Gasteiger partial charge in [0, 0.05) is 23.5 Å². The van der Waals surface area contributed by atoms with Crippen molar-refractivity contribution in [2.24, 2.45) is 0 Å². The smallest absolute Gasteiger partial charge is 0.408 e. The molecule has 0 radical (unpaired) electrons. The first kappa shape index (κ1) is 35.3. The minimum atomic E-state index is -0.991. The van der Waals surface area contributed by atoms with Gasteiger partial charge in [-0.2, -0.15) is 11.8 Å². The van der Waals surface area contributed by atoms with E-state index in [9.17, 15) is 24.6 Å². The fourth-order valence-corrected chi connectivity index (χ4v) is 6.87. The summed E-state index contributed by atoms with van der Waals surface area (Å²) in [5.74, 6) is 0.502. The number of ether oxygens (including phenoxy) is 3. The van der Waals surface area contributed by atoms with Crippen LogP contribution < -0.4 is 5.32 Å². The summed E-state index contributed by atoms with van der Waals surface area (Å²) in [7, 11) is 0. The lowest BCUT2D eigenvalue weighted by Gasteiger charge is -2.36. The second kappa shape index (κ2) is 16.9.